The van der Waals surface area contributed by atoms with Crippen LogP contribution >= 0.6 is 0 Å². The largest absolute Gasteiger partial charge is 0.497 e. The molecule has 0 aliphatic rings. The average molecular weight is 388 g/mol. The Hall–Kier alpha value is -3.07. The molecule has 1 atom stereocenters. The van der Waals surface area contributed by atoms with Crippen molar-refractivity contribution in [3.05, 3.63) is 101 Å². The lowest BCUT2D eigenvalue weighted by molar-refractivity contribution is -0.129. The van der Waals surface area contributed by atoms with Crippen LogP contribution in [0.5, 0.6) is 5.75 Å². The van der Waals surface area contributed by atoms with Gasteiger partial charge in [-0.1, -0.05) is 72.3 Å². The number of carbonyl (C=O) groups excluding carboxylic acids is 1. The molecule has 1 amide bonds. The number of hydrogen-bond donors (Lipinski definition) is 0. The molecule has 150 valence electrons. The van der Waals surface area contributed by atoms with Gasteiger partial charge in [0.2, 0.25) is 5.91 Å². The molecule has 3 aromatic rings. The summed E-state index contributed by atoms with van der Waals surface area (Å²) in [6.45, 7) is 5.09. The molecule has 0 spiro atoms. The lowest BCUT2D eigenvalue weighted by Crippen LogP contribution is -2.30. The molecule has 0 unspecified atom stereocenters. The number of methoxy groups -OCH3 is 1. The predicted octanol–water partition coefficient (Wildman–Crippen LogP) is 5.57. The van der Waals surface area contributed by atoms with Gasteiger partial charge in [-0.05, 0) is 42.2 Å². The summed E-state index contributed by atoms with van der Waals surface area (Å²) < 4.78 is 5.31. The molecule has 0 aromatic heterocycles. The molecule has 3 aromatic carbocycles. The molecule has 0 radical (unpaired) electrons. The second kappa shape index (κ2) is 9.92. The van der Waals surface area contributed by atoms with E-state index in [1.165, 1.54) is 16.7 Å². The minimum atomic E-state index is 0.103. The van der Waals surface area contributed by atoms with E-state index in [0.29, 0.717) is 13.1 Å². The van der Waals surface area contributed by atoms with Gasteiger partial charge in [-0.2, -0.15) is 0 Å². The van der Waals surface area contributed by atoms with Crippen LogP contribution in [0.1, 0.15) is 41.5 Å². The highest BCUT2D eigenvalue weighted by molar-refractivity contribution is 5.73. The normalized spacial score (nSPS) is 11.7. The van der Waals surface area contributed by atoms with E-state index >= 15 is 0 Å². The number of nitrogens with zero attached hydrogens (tertiary/aromatic N) is 1. The first-order chi connectivity index (χ1) is 14.1. The molecule has 0 aliphatic heterocycles. The molecular weight excluding hydrogens is 358 g/mol. The maximum atomic E-state index is 12.3. The van der Waals surface area contributed by atoms with Crippen LogP contribution in [0.25, 0.3) is 0 Å². The van der Waals surface area contributed by atoms with Crippen molar-refractivity contribution in [2.24, 2.45) is 0 Å². The second-order valence-corrected chi connectivity index (χ2v) is 7.45. The SMILES string of the molecule is COc1ccc([C@@H](CCN(Cc2ccccc2)C(C)=O)c2ccc(C)cc2)cc1. The van der Waals surface area contributed by atoms with E-state index in [1.54, 1.807) is 14.0 Å². The van der Waals surface area contributed by atoms with Crippen LogP contribution in [0.4, 0.5) is 0 Å². The van der Waals surface area contributed by atoms with Gasteiger partial charge in [-0.15, -0.1) is 0 Å². The summed E-state index contributed by atoms with van der Waals surface area (Å²) in [7, 11) is 1.68. The molecular formula is C26H29NO2. The van der Waals surface area contributed by atoms with Crippen LogP contribution in [0.2, 0.25) is 0 Å². The number of aryl methyl sites for hydroxylation is 1. The van der Waals surface area contributed by atoms with Crippen molar-refractivity contribution in [3.8, 4) is 5.75 Å². The Morgan fingerprint density at radius 1 is 0.897 bits per heavy atom. The summed E-state index contributed by atoms with van der Waals surface area (Å²) in [4.78, 5) is 14.2. The van der Waals surface area contributed by atoms with Gasteiger partial charge >= 0.3 is 0 Å². The van der Waals surface area contributed by atoms with Gasteiger partial charge in [0.1, 0.15) is 5.75 Å². The van der Waals surface area contributed by atoms with E-state index < -0.39 is 0 Å². The van der Waals surface area contributed by atoms with Gasteiger partial charge in [0.05, 0.1) is 7.11 Å². The molecule has 0 fully saturated rings. The molecule has 0 saturated carbocycles. The molecule has 0 saturated heterocycles. The zero-order valence-electron chi connectivity index (χ0n) is 17.5. The monoisotopic (exact) mass is 387 g/mol. The molecule has 3 rings (SSSR count). The third-order valence-corrected chi connectivity index (χ3v) is 5.35. The standard InChI is InChI=1S/C26H29NO2/c1-20-9-11-23(12-10-20)26(24-13-15-25(29-3)16-14-24)17-18-27(21(2)28)19-22-7-5-4-6-8-22/h4-16,26H,17-19H2,1-3H3/t26-/m0/s1. The minimum Gasteiger partial charge on any atom is -0.497 e. The van der Waals surface area contributed by atoms with Gasteiger partial charge in [0.25, 0.3) is 0 Å². The van der Waals surface area contributed by atoms with E-state index in [4.69, 9.17) is 4.74 Å². The molecule has 0 aliphatic carbocycles. The van der Waals surface area contributed by atoms with Crippen LogP contribution < -0.4 is 4.74 Å². The van der Waals surface area contributed by atoms with Crippen molar-refractivity contribution in [1.29, 1.82) is 0 Å². The van der Waals surface area contributed by atoms with Crippen molar-refractivity contribution >= 4 is 5.91 Å². The number of ether oxygens (including phenoxy) is 1. The summed E-state index contributed by atoms with van der Waals surface area (Å²) in [6.07, 6.45) is 0.863. The van der Waals surface area contributed by atoms with Gasteiger partial charge in [-0.25, -0.2) is 0 Å². The van der Waals surface area contributed by atoms with Crippen molar-refractivity contribution in [2.45, 2.75) is 32.7 Å². The third kappa shape index (κ3) is 5.71. The van der Waals surface area contributed by atoms with Crippen molar-refractivity contribution in [2.75, 3.05) is 13.7 Å². The fourth-order valence-corrected chi connectivity index (χ4v) is 3.60. The van der Waals surface area contributed by atoms with E-state index in [-0.39, 0.29) is 11.8 Å². The van der Waals surface area contributed by atoms with Crippen LogP contribution in [0.3, 0.4) is 0 Å². The second-order valence-electron chi connectivity index (χ2n) is 7.45. The first-order valence-corrected chi connectivity index (χ1v) is 10.1. The Balaban J connectivity index is 1.81. The maximum absolute atomic E-state index is 12.3. The van der Waals surface area contributed by atoms with Crippen molar-refractivity contribution in [3.63, 3.8) is 0 Å². The summed E-state index contributed by atoms with van der Waals surface area (Å²) in [6, 6.07) is 27.1. The summed E-state index contributed by atoms with van der Waals surface area (Å²) in [5.41, 5.74) is 4.90. The van der Waals surface area contributed by atoms with Gasteiger partial charge < -0.3 is 9.64 Å². The Morgan fingerprint density at radius 3 is 2.03 bits per heavy atom. The molecule has 0 heterocycles. The zero-order chi connectivity index (χ0) is 20.6. The van der Waals surface area contributed by atoms with Gasteiger partial charge in [-0.3, -0.25) is 4.79 Å². The third-order valence-electron chi connectivity index (χ3n) is 5.35. The van der Waals surface area contributed by atoms with Gasteiger partial charge in [0, 0.05) is 25.9 Å². The molecule has 3 heteroatoms. The van der Waals surface area contributed by atoms with E-state index in [1.807, 2.05) is 35.2 Å². The average Bonchev–Trinajstić information content (AvgIpc) is 2.75. The number of rotatable bonds is 8. The van der Waals surface area contributed by atoms with Crippen LogP contribution in [-0.4, -0.2) is 24.5 Å². The van der Waals surface area contributed by atoms with E-state index in [0.717, 1.165) is 17.7 Å². The summed E-state index contributed by atoms with van der Waals surface area (Å²) in [5.74, 6) is 1.18. The van der Waals surface area contributed by atoms with E-state index in [2.05, 4.69) is 55.5 Å². The Morgan fingerprint density at radius 2 is 1.48 bits per heavy atom. The van der Waals surface area contributed by atoms with Crippen molar-refractivity contribution < 1.29 is 9.53 Å². The highest BCUT2D eigenvalue weighted by Crippen LogP contribution is 2.30. The Bertz CT molecular complexity index is 902. The van der Waals surface area contributed by atoms with Crippen molar-refractivity contribution in [1.82, 2.24) is 4.90 Å². The first-order valence-electron chi connectivity index (χ1n) is 10.1. The Labute approximate surface area is 174 Å². The quantitative estimate of drug-likeness (QED) is 0.505. The van der Waals surface area contributed by atoms with E-state index in [9.17, 15) is 4.79 Å². The van der Waals surface area contributed by atoms with Crippen LogP contribution in [-0.2, 0) is 11.3 Å². The predicted molar refractivity (Wildman–Crippen MR) is 118 cm³/mol. The number of hydrogen-bond acceptors (Lipinski definition) is 2. The molecule has 3 nitrogen and oxygen atoms in total. The fraction of sp³-hybridized carbons (Fsp3) is 0.269. The zero-order valence-corrected chi connectivity index (χ0v) is 17.5. The smallest absolute Gasteiger partial charge is 0.219 e. The summed E-state index contributed by atoms with van der Waals surface area (Å²) >= 11 is 0. The fourth-order valence-electron chi connectivity index (χ4n) is 3.60. The highest BCUT2D eigenvalue weighted by atomic mass is 16.5. The molecule has 0 bridgehead atoms. The van der Waals surface area contributed by atoms with Gasteiger partial charge in [0.15, 0.2) is 0 Å². The number of benzene rings is 3. The maximum Gasteiger partial charge on any atom is 0.219 e. The minimum absolute atomic E-state index is 0.103. The van der Waals surface area contributed by atoms with Crippen LogP contribution in [0.15, 0.2) is 78.9 Å². The Kier molecular flexibility index (Phi) is 7.07. The first kappa shape index (κ1) is 20.7. The summed E-state index contributed by atoms with van der Waals surface area (Å²) in [5, 5.41) is 0. The molecule has 0 N–H and O–H groups in total. The number of carbonyl (C=O) groups is 1. The van der Waals surface area contributed by atoms with Crippen LogP contribution in [0, 0.1) is 6.92 Å². The number of amides is 1. The highest BCUT2D eigenvalue weighted by Gasteiger charge is 2.18. The lowest BCUT2D eigenvalue weighted by atomic mass is 9.88. The molecule has 29 heavy (non-hydrogen) atoms. The topological polar surface area (TPSA) is 29.5 Å². The lowest BCUT2D eigenvalue weighted by Gasteiger charge is -2.25.